The fraction of sp³-hybridized carbons (Fsp3) is 0.227. The number of hydrogen-bond donors (Lipinski definition) is 1. The van der Waals surface area contributed by atoms with Crippen LogP contribution in [-0.4, -0.2) is 21.9 Å². The Labute approximate surface area is 176 Å². The highest BCUT2D eigenvalue weighted by Gasteiger charge is 2.46. The molecular formula is C22H18BrFN4O. The van der Waals surface area contributed by atoms with Gasteiger partial charge in [-0.1, -0.05) is 28.1 Å². The zero-order chi connectivity index (χ0) is 20.2. The number of hydrogen-bond acceptors (Lipinski definition) is 5. The summed E-state index contributed by atoms with van der Waals surface area (Å²) in [7, 11) is 0. The van der Waals surface area contributed by atoms with Crippen molar-refractivity contribution in [1.82, 2.24) is 9.97 Å². The Balaban J connectivity index is 1.77. The first-order valence-electron chi connectivity index (χ1n) is 9.39. The SMILES string of the molecule is Cc1cc(C2(c3cccc(Br)c3)N=C(N)c3nccnc32)cc(F)c1OC1CC1. The van der Waals surface area contributed by atoms with Crippen molar-refractivity contribution in [1.29, 1.82) is 0 Å². The average molecular weight is 453 g/mol. The lowest BCUT2D eigenvalue weighted by molar-refractivity contribution is 0.285. The van der Waals surface area contributed by atoms with Crippen LogP contribution in [0.2, 0.25) is 0 Å². The average Bonchev–Trinajstić information content (AvgIpc) is 3.48. The third kappa shape index (κ3) is 2.92. The lowest BCUT2D eigenvalue weighted by atomic mass is 9.80. The van der Waals surface area contributed by atoms with Crippen LogP contribution in [0.5, 0.6) is 5.75 Å². The van der Waals surface area contributed by atoms with E-state index in [2.05, 4.69) is 25.9 Å². The van der Waals surface area contributed by atoms with Gasteiger partial charge in [0, 0.05) is 16.9 Å². The largest absolute Gasteiger partial charge is 0.487 e. The van der Waals surface area contributed by atoms with Crippen LogP contribution in [0, 0.1) is 12.7 Å². The molecule has 1 unspecified atom stereocenters. The molecule has 0 radical (unpaired) electrons. The fourth-order valence-corrected chi connectivity index (χ4v) is 4.20. The van der Waals surface area contributed by atoms with Gasteiger partial charge in [-0.3, -0.25) is 4.98 Å². The van der Waals surface area contributed by atoms with Gasteiger partial charge >= 0.3 is 0 Å². The Bertz CT molecular complexity index is 1140. The predicted octanol–water partition coefficient (Wildman–Crippen LogP) is 4.24. The number of nitrogens with zero attached hydrogens (tertiary/aromatic N) is 3. The number of amidine groups is 1. The first-order valence-corrected chi connectivity index (χ1v) is 10.2. The van der Waals surface area contributed by atoms with E-state index in [-0.39, 0.29) is 11.9 Å². The molecule has 0 spiro atoms. The fourth-order valence-electron chi connectivity index (χ4n) is 3.80. The van der Waals surface area contributed by atoms with E-state index in [4.69, 9.17) is 15.5 Å². The Kier molecular flexibility index (Phi) is 4.17. The van der Waals surface area contributed by atoms with Crippen LogP contribution in [0.25, 0.3) is 0 Å². The number of nitrogens with two attached hydrogens (primary N) is 1. The van der Waals surface area contributed by atoms with E-state index in [9.17, 15) is 0 Å². The van der Waals surface area contributed by atoms with Crippen LogP contribution < -0.4 is 10.5 Å². The molecule has 5 rings (SSSR count). The van der Waals surface area contributed by atoms with E-state index in [1.807, 2.05) is 37.3 Å². The Morgan fingerprint density at radius 2 is 1.93 bits per heavy atom. The minimum absolute atomic E-state index is 0.111. The van der Waals surface area contributed by atoms with Crippen molar-refractivity contribution in [2.45, 2.75) is 31.4 Å². The normalized spacial score (nSPS) is 20.3. The van der Waals surface area contributed by atoms with Crippen LogP contribution in [0.1, 0.15) is 40.9 Å². The number of aliphatic imine (C=N–C) groups is 1. The van der Waals surface area contributed by atoms with Gasteiger partial charge in [-0.05, 0) is 60.7 Å². The summed E-state index contributed by atoms with van der Waals surface area (Å²) in [6.07, 6.45) is 5.22. The Morgan fingerprint density at radius 1 is 1.14 bits per heavy atom. The molecule has 146 valence electrons. The zero-order valence-corrected chi connectivity index (χ0v) is 17.3. The Hall–Kier alpha value is -2.80. The molecule has 1 aliphatic carbocycles. The smallest absolute Gasteiger partial charge is 0.165 e. The molecule has 0 saturated heterocycles. The molecule has 1 aliphatic heterocycles. The third-order valence-corrected chi connectivity index (χ3v) is 5.76. The molecule has 1 aromatic heterocycles. The quantitative estimate of drug-likeness (QED) is 0.642. The summed E-state index contributed by atoms with van der Waals surface area (Å²) in [5.41, 5.74) is 8.43. The molecule has 29 heavy (non-hydrogen) atoms. The zero-order valence-electron chi connectivity index (χ0n) is 15.7. The lowest BCUT2D eigenvalue weighted by Crippen LogP contribution is -2.27. The van der Waals surface area contributed by atoms with Crippen LogP contribution in [0.15, 0.2) is 58.3 Å². The van der Waals surface area contributed by atoms with Crippen molar-refractivity contribution >= 4 is 21.8 Å². The predicted molar refractivity (Wildman–Crippen MR) is 112 cm³/mol. The molecule has 0 amide bonds. The second-order valence-electron chi connectivity index (χ2n) is 7.39. The van der Waals surface area contributed by atoms with E-state index in [0.717, 1.165) is 22.9 Å². The monoisotopic (exact) mass is 452 g/mol. The second-order valence-corrected chi connectivity index (χ2v) is 8.31. The van der Waals surface area contributed by atoms with Gasteiger partial charge in [0.2, 0.25) is 0 Å². The van der Waals surface area contributed by atoms with Crippen molar-refractivity contribution in [2.75, 3.05) is 0 Å². The lowest BCUT2D eigenvalue weighted by Gasteiger charge is -2.28. The highest BCUT2D eigenvalue weighted by Crippen LogP contribution is 2.46. The van der Waals surface area contributed by atoms with Crippen molar-refractivity contribution in [3.63, 3.8) is 0 Å². The van der Waals surface area contributed by atoms with Gasteiger partial charge in [0.15, 0.2) is 17.1 Å². The minimum Gasteiger partial charge on any atom is -0.487 e. The van der Waals surface area contributed by atoms with Crippen molar-refractivity contribution < 1.29 is 9.13 Å². The molecule has 7 heteroatoms. The van der Waals surface area contributed by atoms with Gasteiger partial charge in [-0.25, -0.2) is 14.4 Å². The summed E-state index contributed by atoms with van der Waals surface area (Å²) >= 11 is 3.53. The number of aromatic nitrogens is 2. The molecule has 0 bridgehead atoms. The minimum atomic E-state index is -1.08. The maximum absolute atomic E-state index is 15.1. The highest BCUT2D eigenvalue weighted by molar-refractivity contribution is 9.10. The summed E-state index contributed by atoms with van der Waals surface area (Å²) in [4.78, 5) is 13.7. The highest BCUT2D eigenvalue weighted by atomic mass is 79.9. The standard InChI is InChI=1S/C22H18BrFN4O/c1-12-9-14(11-17(24)19(12)29-16-5-6-16)22(13-3-2-4-15(23)10-13)20-18(21(25)28-22)26-7-8-27-20/h2-4,7-11,16H,5-6H2,1H3,(H2,25,28). The van der Waals surface area contributed by atoms with E-state index in [1.165, 1.54) is 6.07 Å². The Morgan fingerprint density at radius 3 is 2.66 bits per heavy atom. The first-order chi connectivity index (χ1) is 14.0. The van der Waals surface area contributed by atoms with Gasteiger partial charge < -0.3 is 10.5 Å². The number of halogens is 2. The van der Waals surface area contributed by atoms with Gasteiger partial charge in [0.25, 0.3) is 0 Å². The van der Waals surface area contributed by atoms with Gasteiger partial charge in [0.1, 0.15) is 17.2 Å². The molecule has 1 fully saturated rings. The van der Waals surface area contributed by atoms with Crippen molar-refractivity contribution in [3.05, 3.63) is 87.2 Å². The molecular weight excluding hydrogens is 435 g/mol. The summed E-state index contributed by atoms with van der Waals surface area (Å²) in [5, 5.41) is 0. The van der Waals surface area contributed by atoms with Crippen LogP contribution in [0.4, 0.5) is 4.39 Å². The van der Waals surface area contributed by atoms with Crippen LogP contribution in [0.3, 0.4) is 0 Å². The summed E-state index contributed by atoms with van der Waals surface area (Å²) in [5.74, 6) is 0.173. The first kappa shape index (κ1) is 18.2. The van der Waals surface area contributed by atoms with Gasteiger partial charge in [-0.2, -0.15) is 0 Å². The number of rotatable bonds is 4. The van der Waals surface area contributed by atoms with Crippen LogP contribution in [-0.2, 0) is 5.54 Å². The maximum Gasteiger partial charge on any atom is 0.165 e. The number of ether oxygens (including phenoxy) is 1. The van der Waals surface area contributed by atoms with Crippen molar-refractivity contribution in [2.24, 2.45) is 10.7 Å². The number of aryl methyl sites for hydroxylation is 1. The van der Waals surface area contributed by atoms with Crippen LogP contribution >= 0.6 is 15.9 Å². The van der Waals surface area contributed by atoms with E-state index >= 15 is 4.39 Å². The van der Waals surface area contributed by atoms with E-state index in [0.29, 0.717) is 28.3 Å². The summed E-state index contributed by atoms with van der Waals surface area (Å²) < 4.78 is 21.8. The summed E-state index contributed by atoms with van der Waals surface area (Å²) in [6, 6.07) is 11.1. The molecule has 5 nitrogen and oxygen atoms in total. The summed E-state index contributed by atoms with van der Waals surface area (Å²) in [6.45, 7) is 1.85. The molecule has 1 saturated carbocycles. The number of fused-ring (bicyclic) bond motifs is 1. The number of benzene rings is 2. The molecule has 2 heterocycles. The van der Waals surface area contributed by atoms with E-state index in [1.54, 1.807) is 12.4 Å². The molecule has 2 aliphatic rings. The van der Waals surface area contributed by atoms with E-state index < -0.39 is 11.4 Å². The molecule has 3 aromatic rings. The third-order valence-electron chi connectivity index (χ3n) is 5.27. The topological polar surface area (TPSA) is 73.4 Å². The molecule has 2 N–H and O–H groups in total. The maximum atomic E-state index is 15.1. The van der Waals surface area contributed by atoms with Gasteiger partial charge in [0.05, 0.1) is 6.10 Å². The van der Waals surface area contributed by atoms with Crippen molar-refractivity contribution in [3.8, 4) is 5.75 Å². The molecule has 1 atom stereocenters. The molecule has 2 aromatic carbocycles. The van der Waals surface area contributed by atoms with Gasteiger partial charge in [-0.15, -0.1) is 0 Å². The second kappa shape index (κ2) is 6.62.